The zero-order valence-electron chi connectivity index (χ0n) is 18.7. The molecular formula is C26H26N2O4S. The second kappa shape index (κ2) is 8.90. The molecule has 2 N–H and O–H groups in total. The summed E-state index contributed by atoms with van der Waals surface area (Å²) >= 11 is 1.52. The molecule has 4 aromatic rings. The number of carbonyl (C=O) groups excluding carboxylic acids is 2. The molecule has 0 aliphatic heterocycles. The number of carbonyl (C=O) groups is 2. The summed E-state index contributed by atoms with van der Waals surface area (Å²) in [7, 11) is 0. The lowest BCUT2D eigenvalue weighted by Crippen LogP contribution is -2.25. The number of hydrogen-bond donors (Lipinski definition) is 2. The van der Waals surface area contributed by atoms with Gasteiger partial charge in [-0.25, -0.2) is 0 Å². The van der Waals surface area contributed by atoms with Crippen LogP contribution in [0.3, 0.4) is 0 Å². The predicted octanol–water partition coefficient (Wildman–Crippen LogP) is 5.69. The van der Waals surface area contributed by atoms with Crippen LogP contribution >= 0.6 is 11.3 Å². The summed E-state index contributed by atoms with van der Waals surface area (Å²) in [6.07, 6.45) is 7.39. The number of hydrogen-bond acceptors (Lipinski definition) is 5. The van der Waals surface area contributed by atoms with Crippen LogP contribution in [0.15, 0.2) is 45.6 Å². The summed E-state index contributed by atoms with van der Waals surface area (Å²) in [6.45, 7) is 4.36. The Morgan fingerprint density at radius 2 is 1.97 bits per heavy atom. The van der Waals surface area contributed by atoms with E-state index in [1.807, 2.05) is 26.0 Å². The molecule has 0 unspecified atom stereocenters. The van der Waals surface area contributed by atoms with Gasteiger partial charge in [-0.2, -0.15) is 0 Å². The summed E-state index contributed by atoms with van der Waals surface area (Å²) in [5, 5.41) is 7.58. The van der Waals surface area contributed by atoms with Crippen molar-refractivity contribution in [3.8, 4) is 0 Å². The maximum Gasteiger partial charge on any atom is 0.254 e. The van der Waals surface area contributed by atoms with E-state index in [2.05, 4.69) is 16.7 Å². The normalized spacial score (nSPS) is 13.2. The Morgan fingerprint density at radius 3 is 2.79 bits per heavy atom. The Kier molecular flexibility index (Phi) is 5.81. The van der Waals surface area contributed by atoms with Gasteiger partial charge in [-0.05, 0) is 74.4 Å². The molecule has 33 heavy (non-hydrogen) atoms. The molecule has 0 fully saturated rings. The highest BCUT2D eigenvalue weighted by molar-refractivity contribution is 7.17. The van der Waals surface area contributed by atoms with Gasteiger partial charge in [-0.1, -0.05) is 6.07 Å². The van der Waals surface area contributed by atoms with Crippen LogP contribution in [-0.4, -0.2) is 11.8 Å². The van der Waals surface area contributed by atoms with E-state index in [4.69, 9.17) is 8.83 Å². The zero-order chi connectivity index (χ0) is 22.9. The van der Waals surface area contributed by atoms with Gasteiger partial charge in [0.05, 0.1) is 31.1 Å². The van der Waals surface area contributed by atoms with Crippen molar-refractivity contribution < 1.29 is 18.4 Å². The van der Waals surface area contributed by atoms with E-state index >= 15 is 0 Å². The molecule has 0 radical (unpaired) electrons. The first kappa shape index (κ1) is 21.5. The number of furan rings is 2. The maximum absolute atomic E-state index is 13.1. The zero-order valence-corrected chi connectivity index (χ0v) is 19.6. The van der Waals surface area contributed by atoms with Gasteiger partial charge in [-0.15, -0.1) is 11.3 Å². The number of thiophene rings is 1. The molecule has 5 rings (SSSR count). The smallest absolute Gasteiger partial charge is 0.254 e. The Labute approximate surface area is 196 Å². The van der Waals surface area contributed by atoms with Crippen molar-refractivity contribution in [2.45, 2.75) is 52.5 Å². The van der Waals surface area contributed by atoms with Gasteiger partial charge in [-0.3, -0.25) is 9.59 Å². The van der Waals surface area contributed by atoms with Gasteiger partial charge in [0.15, 0.2) is 0 Å². The number of benzene rings is 1. The monoisotopic (exact) mass is 462 g/mol. The highest BCUT2D eigenvalue weighted by Crippen LogP contribution is 2.38. The van der Waals surface area contributed by atoms with Gasteiger partial charge in [0.25, 0.3) is 5.91 Å². The highest BCUT2D eigenvalue weighted by atomic mass is 32.1. The van der Waals surface area contributed by atoms with Gasteiger partial charge >= 0.3 is 0 Å². The van der Waals surface area contributed by atoms with Crippen molar-refractivity contribution in [2.24, 2.45) is 0 Å². The molecule has 0 atom stereocenters. The molecule has 0 bridgehead atoms. The molecule has 0 saturated carbocycles. The third kappa shape index (κ3) is 4.33. The number of nitrogens with one attached hydrogen (secondary N) is 2. The lowest BCUT2D eigenvalue weighted by atomic mass is 9.95. The van der Waals surface area contributed by atoms with Crippen LogP contribution < -0.4 is 10.6 Å². The van der Waals surface area contributed by atoms with Crippen molar-refractivity contribution in [3.05, 3.63) is 75.2 Å². The van der Waals surface area contributed by atoms with Crippen molar-refractivity contribution in [1.82, 2.24) is 5.32 Å². The summed E-state index contributed by atoms with van der Waals surface area (Å²) in [6, 6.07) is 7.69. The fourth-order valence-electron chi connectivity index (χ4n) is 4.66. The van der Waals surface area contributed by atoms with Gasteiger partial charge in [0.1, 0.15) is 16.3 Å². The van der Waals surface area contributed by atoms with Gasteiger partial charge in [0.2, 0.25) is 5.91 Å². The lowest BCUT2D eigenvalue weighted by molar-refractivity contribution is -0.115. The molecule has 0 spiro atoms. The third-order valence-electron chi connectivity index (χ3n) is 6.10. The molecule has 170 valence electrons. The summed E-state index contributed by atoms with van der Waals surface area (Å²) in [5.74, 6) is 0.355. The predicted molar refractivity (Wildman–Crippen MR) is 129 cm³/mol. The number of rotatable bonds is 6. The van der Waals surface area contributed by atoms with E-state index in [0.717, 1.165) is 58.9 Å². The molecular weight excluding hydrogens is 436 g/mol. The standard InChI is InChI=1S/C26H26N2O4S/c1-15-10-16(2)23-17(14-32-20(23)11-15)12-22(29)28-26-24(19-7-3-4-8-21(19)33-26)25(30)27-13-18-6-5-9-31-18/h5-6,9-11,14H,3-4,7-8,12-13H2,1-2H3,(H,27,30)(H,28,29). The van der Waals surface area contributed by atoms with Crippen molar-refractivity contribution >= 4 is 39.1 Å². The summed E-state index contributed by atoms with van der Waals surface area (Å²) in [5.41, 5.74) is 5.52. The lowest BCUT2D eigenvalue weighted by Gasteiger charge is -2.13. The van der Waals surface area contributed by atoms with Crippen molar-refractivity contribution in [3.63, 3.8) is 0 Å². The number of anilines is 1. The fraction of sp³-hybridized carbons (Fsp3) is 0.308. The van der Waals surface area contributed by atoms with E-state index in [-0.39, 0.29) is 18.2 Å². The average molecular weight is 463 g/mol. The minimum atomic E-state index is -0.179. The third-order valence-corrected chi connectivity index (χ3v) is 7.31. The Morgan fingerprint density at radius 1 is 1.12 bits per heavy atom. The van der Waals surface area contributed by atoms with Crippen LogP contribution in [0.5, 0.6) is 0 Å². The Balaban J connectivity index is 1.38. The fourth-order valence-corrected chi connectivity index (χ4v) is 5.97. The van der Waals surface area contributed by atoms with Crippen LogP contribution in [0.2, 0.25) is 0 Å². The first-order valence-electron chi connectivity index (χ1n) is 11.2. The van der Waals surface area contributed by atoms with E-state index in [9.17, 15) is 9.59 Å². The molecule has 0 saturated heterocycles. The molecule has 3 heterocycles. The first-order chi connectivity index (χ1) is 16.0. The van der Waals surface area contributed by atoms with Crippen LogP contribution in [-0.2, 0) is 30.6 Å². The second-order valence-electron chi connectivity index (χ2n) is 8.62. The SMILES string of the molecule is Cc1cc(C)c2c(CC(=O)Nc3sc4c(c3C(=O)NCc3ccco3)CCCC4)coc2c1. The van der Waals surface area contributed by atoms with Crippen LogP contribution in [0.25, 0.3) is 11.0 Å². The van der Waals surface area contributed by atoms with Gasteiger partial charge in [0, 0.05) is 15.8 Å². The molecule has 1 aromatic carbocycles. The van der Waals surface area contributed by atoms with Crippen LogP contribution in [0.1, 0.15) is 56.1 Å². The molecule has 1 aliphatic carbocycles. The quantitative estimate of drug-likeness (QED) is 0.385. The molecule has 3 aromatic heterocycles. The molecule has 6 nitrogen and oxygen atoms in total. The number of fused-ring (bicyclic) bond motifs is 2. The maximum atomic E-state index is 13.1. The Bertz CT molecular complexity index is 1330. The van der Waals surface area contributed by atoms with Crippen LogP contribution in [0.4, 0.5) is 5.00 Å². The molecule has 7 heteroatoms. The van der Waals surface area contributed by atoms with E-state index < -0.39 is 0 Å². The summed E-state index contributed by atoms with van der Waals surface area (Å²) in [4.78, 5) is 27.4. The molecule has 1 aliphatic rings. The first-order valence-corrected chi connectivity index (χ1v) is 12.0. The second-order valence-corrected chi connectivity index (χ2v) is 9.72. The van der Waals surface area contributed by atoms with Crippen molar-refractivity contribution in [2.75, 3.05) is 5.32 Å². The number of amides is 2. The highest BCUT2D eigenvalue weighted by Gasteiger charge is 2.26. The minimum absolute atomic E-state index is 0.156. The van der Waals surface area contributed by atoms with Crippen molar-refractivity contribution in [1.29, 1.82) is 0 Å². The summed E-state index contributed by atoms with van der Waals surface area (Å²) < 4.78 is 11.0. The van der Waals surface area contributed by atoms with E-state index in [1.54, 1.807) is 18.6 Å². The van der Waals surface area contributed by atoms with Crippen LogP contribution in [0, 0.1) is 13.8 Å². The largest absolute Gasteiger partial charge is 0.467 e. The molecule has 2 amide bonds. The average Bonchev–Trinajstić information content (AvgIpc) is 3.50. The van der Waals surface area contributed by atoms with Gasteiger partial charge < -0.3 is 19.5 Å². The number of aryl methyl sites for hydroxylation is 3. The minimum Gasteiger partial charge on any atom is -0.467 e. The Hall–Kier alpha value is -3.32. The van der Waals surface area contributed by atoms with E-state index in [0.29, 0.717) is 22.9 Å². The van der Waals surface area contributed by atoms with E-state index in [1.165, 1.54) is 16.2 Å². The topological polar surface area (TPSA) is 84.5 Å².